The van der Waals surface area contributed by atoms with Crippen LogP contribution in [0.15, 0.2) is 12.4 Å². The lowest BCUT2D eigenvalue weighted by Gasteiger charge is -2.26. The van der Waals surface area contributed by atoms with Gasteiger partial charge in [-0.3, -0.25) is 4.98 Å². The summed E-state index contributed by atoms with van der Waals surface area (Å²) in [6, 6.07) is 0. The fourth-order valence-corrected chi connectivity index (χ4v) is 1.93. The summed E-state index contributed by atoms with van der Waals surface area (Å²) in [6.07, 6.45) is 4.32. The van der Waals surface area contributed by atoms with Crippen LogP contribution in [0.2, 0.25) is 0 Å². The third kappa shape index (κ3) is 3.08. The molecule has 0 aromatic carbocycles. The molecule has 2 heterocycles. The Balaban J connectivity index is 1.94. The van der Waals surface area contributed by atoms with Gasteiger partial charge in [0.1, 0.15) is 17.2 Å². The maximum absolute atomic E-state index is 5.55. The minimum atomic E-state index is -0.240. The van der Waals surface area contributed by atoms with E-state index in [1.165, 1.54) is 0 Å². The van der Waals surface area contributed by atoms with Gasteiger partial charge in [0, 0.05) is 33.2 Å². The molecule has 1 fully saturated rings. The number of hydrogen-bond donors (Lipinski definition) is 2. The second-order valence-electron chi connectivity index (χ2n) is 4.36. The number of ether oxygens (including phenoxy) is 2. The van der Waals surface area contributed by atoms with Crippen LogP contribution in [0.25, 0.3) is 0 Å². The summed E-state index contributed by atoms with van der Waals surface area (Å²) >= 11 is 0. The SMILES string of the molecule is CCNc1cncc(NCC2(OC)CCOC2)n1. The Labute approximate surface area is 107 Å². The van der Waals surface area contributed by atoms with Crippen LogP contribution < -0.4 is 10.6 Å². The van der Waals surface area contributed by atoms with Crippen LogP contribution in [-0.4, -0.2) is 49.0 Å². The predicted molar refractivity (Wildman–Crippen MR) is 69.9 cm³/mol. The van der Waals surface area contributed by atoms with Crippen LogP contribution in [0.4, 0.5) is 11.6 Å². The van der Waals surface area contributed by atoms with E-state index in [-0.39, 0.29) is 5.60 Å². The van der Waals surface area contributed by atoms with Gasteiger partial charge in [0.25, 0.3) is 0 Å². The van der Waals surface area contributed by atoms with E-state index in [9.17, 15) is 0 Å². The van der Waals surface area contributed by atoms with E-state index in [1.807, 2.05) is 6.92 Å². The Morgan fingerprint density at radius 3 is 2.78 bits per heavy atom. The molecule has 0 bridgehead atoms. The van der Waals surface area contributed by atoms with E-state index in [2.05, 4.69) is 20.6 Å². The van der Waals surface area contributed by atoms with Crippen molar-refractivity contribution in [2.75, 3.05) is 44.0 Å². The zero-order chi connectivity index (χ0) is 12.8. The quantitative estimate of drug-likeness (QED) is 0.791. The topological polar surface area (TPSA) is 68.3 Å². The fraction of sp³-hybridized carbons (Fsp3) is 0.667. The molecule has 2 N–H and O–H groups in total. The van der Waals surface area contributed by atoms with Crippen molar-refractivity contribution in [3.63, 3.8) is 0 Å². The number of nitrogens with one attached hydrogen (secondary N) is 2. The maximum atomic E-state index is 5.55. The van der Waals surface area contributed by atoms with Crippen molar-refractivity contribution < 1.29 is 9.47 Å². The summed E-state index contributed by atoms with van der Waals surface area (Å²) in [5.41, 5.74) is -0.240. The summed E-state index contributed by atoms with van der Waals surface area (Å²) in [5.74, 6) is 1.52. The molecule has 1 aliphatic rings. The Kier molecular flexibility index (Phi) is 4.33. The Morgan fingerprint density at radius 2 is 2.17 bits per heavy atom. The molecule has 1 unspecified atom stereocenters. The minimum absolute atomic E-state index is 0.240. The summed E-state index contributed by atoms with van der Waals surface area (Å²) in [4.78, 5) is 8.55. The van der Waals surface area contributed by atoms with Crippen molar-refractivity contribution in [2.45, 2.75) is 18.9 Å². The van der Waals surface area contributed by atoms with Crippen LogP contribution in [-0.2, 0) is 9.47 Å². The Hall–Kier alpha value is -1.40. The second-order valence-corrected chi connectivity index (χ2v) is 4.36. The molecule has 6 heteroatoms. The van der Waals surface area contributed by atoms with Gasteiger partial charge in [0.05, 0.1) is 19.0 Å². The van der Waals surface area contributed by atoms with E-state index in [1.54, 1.807) is 19.5 Å². The maximum Gasteiger partial charge on any atom is 0.147 e. The molecule has 100 valence electrons. The average molecular weight is 252 g/mol. The van der Waals surface area contributed by atoms with Gasteiger partial charge in [-0.05, 0) is 6.92 Å². The van der Waals surface area contributed by atoms with Crippen molar-refractivity contribution in [1.82, 2.24) is 9.97 Å². The normalized spacial score (nSPS) is 23.0. The van der Waals surface area contributed by atoms with E-state index >= 15 is 0 Å². The van der Waals surface area contributed by atoms with Gasteiger partial charge in [-0.25, -0.2) is 4.98 Å². The van der Waals surface area contributed by atoms with Crippen LogP contribution in [0.5, 0.6) is 0 Å². The monoisotopic (exact) mass is 252 g/mol. The lowest BCUT2D eigenvalue weighted by Crippen LogP contribution is -2.39. The third-order valence-corrected chi connectivity index (χ3v) is 3.08. The standard InChI is InChI=1S/C12H20N4O2/c1-3-14-10-6-13-7-11(16-10)15-8-12(17-2)4-5-18-9-12/h6-7H,3-5,8-9H2,1-2H3,(H2,14,15,16). The summed E-state index contributed by atoms with van der Waals surface area (Å²) in [5, 5.41) is 6.39. The van der Waals surface area contributed by atoms with Crippen LogP contribution in [0.1, 0.15) is 13.3 Å². The van der Waals surface area contributed by atoms with Crippen LogP contribution in [0, 0.1) is 0 Å². The molecule has 18 heavy (non-hydrogen) atoms. The van der Waals surface area contributed by atoms with Crippen molar-refractivity contribution in [3.05, 3.63) is 12.4 Å². The number of hydrogen-bond acceptors (Lipinski definition) is 6. The number of nitrogens with zero attached hydrogens (tertiary/aromatic N) is 2. The van der Waals surface area contributed by atoms with E-state index in [4.69, 9.17) is 9.47 Å². The number of anilines is 2. The number of aromatic nitrogens is 2. The molecule has 0 saturated carbocycles. The second kappa shape index (κ2) is 5.97. The van der Waals surface area contributed by atoms with E-state index in [0.717, 1.165) is 31.2 Å². The van der Waals surface area contributed by atoms with Gasteiger partial charge >= 0.3 is 0 Å². The first kappa shape index (κ1) is 13.0. The molecule has 6 nitrogen and oxygen atoms in total. The molecule has 1 aliphatic heterocycles. The largest absolute Gasteiger partial charge is 0.378 e. The van der Waals surface area contributed by atoms with Gasteiger partial charge in [0.15, 0.2) is 0 Å². The Morgan fingerprint density at radius 1 is 1.39 bits per heavy atom. The molecule has 0 radical (unpaired) electrons. The molecule has 1 aromatic rings. The first-order chi connectivity index (χ1) is 8.78. The van der Waals surface area contributed by atoms with Gasteiger partial charge in [0.2, 0.25) is 0 Å². The molecular formula is C12H20N4O2. The zero-order valence-electron chi connectivity index (χ0n) is 10.9. The van der Waals surface area contributed by atoms with Crippen molar-refractivity contribution >= 4 is 11.6 Å². The predicted octanol–water partition coefficient (Wildman–Crippen LogP) is 1.13. The van der Waals surface area contributed by atoms with Crippen molar-refractivity contribution in [1.29, 1.82) is 0 Å². The molecule has 1 saturated heterocycles. The average Bonchev–Trinajstić information content (AvgIpc) is 2.87. The van der Waals surface area contributed by atoms with Gasteiger partial charge < -0.3 is 20.1 Å². The van der Waals surface area contributed by atoms with Crippen LogP contribution >= 0.6 is 0 Å². The van der Waals surface area contributed by atoms with Crippen LogP contribution in [0.3, 0.4) is 0 Å². The highest BCUT2D eigenvalue weighted by atomic mass is 16.5. The highest BCUT2D eigenvalue weighted by Crippen LogP contribution is 2.22. The highest BCUT2D eigenvalue weighted by molar-refractivity contribution is 5.41. The third-order valence-electron chi connectivity index (χ3n) is 3.08. The molecule has 0 spiro atoms. The number of methoxy groups -OCH3 is 1. The molecule has 0 aliphatic carbocycles. The van der Waals surface area contributed by atoms with Gasteiger partial charge in [-0.2, -0.15) is 0 Å². The van der Waals surface area contributed by atoms with E-state index in [0.29, 0.717) is 13.2 Å². The summed E-state index contributed by atoms with van der Waals surface area (Å²) in [7, 11) is 1.72. The first-order valence-corrected chi connectivity index (χ1v) is 6.21. The molecular weight excluding hydrogens is 232 g/mol. The lowest BCUT2D eigenvalue weighted by molar-refractivity contribution is -0.00625. The highest BCUT2D eigenvalue weighted by Gasteiger charge is 2.34. The fourth-order valence-electron chi connectivity index (χ4n) is 1.93. The van der Waals surface area contributed by atoms with Crippen molar-refractivity contribution in [3.8, 4) is 0 Å². The first-order valence-electron chi connectivity index (χ1n) is 6.21. The van der Waals surface area contributed by atoms with Crippen molar-refractivity contribution in [2.24, 2.45) is 0 Å². The van der Waals surface area contributed by atoms with Gasteiger partial charge in [-0.15, -0.1) is 0 Å². The zero-order valence-corrected chi connectivity index (χ0v) is 10.9. The molecule has 2 rings (SSSR count). The Bertz CT molecular complexity index is 380. The summed E-state index contributed by atoms with van der Waals surface area (Å²) < 4.78 is 10.9. The summed E-state index contributed by atoms with van der Waals surface area (Å²) in [6.45, 7) is 4.90. The van der Waals surface area contributed by atoms with E-state index < -0.39 is 0 Å². The lowest BCUT2D eigenvalue weighted by atomic mass is 10.0. The molecule has 1 aromatic heterocycles. The molecule has 1 atom stereocenters. The smallest absolute Gasteiger partial charge is 0.147 e. The van der Waals surface area contributed by atoms with Gasteiger partial charge in [-0.1, -0.05) is 0 Å². The molecule has 0 amide bonds. The minimum Gasteiger partial charge on any atom is -0.378 e. The number of rotatable bonds is 6.